The lowest BCUT2D eigenvalue weighted by Crippen LogP contribution is -2.37. The molecule has 0 saturated carbocycles. The van der Waals surface area contributed by atoms with Crippen molar-refractivity contribution in [1.29, 1.82) is 0 Å². The lowest BCUT2D eigenvalue weighted by Gasteiger charge is -2.24. The highest BCUT2D eigenvalue weighted by atomic mass is 16.2. The molecule has 25 heavy (non-hydrogen) atoms. The van der Waals surface area contributed by atoms with Crippen LogP contribution >= 0.6 is 0 Å². The number of ketones is 2. The molecule has 0 bridgehead atoms. The van der Waals surface area contributed by atoms with Crippen LogP contribution in [0, 0.1) is 17.3 Å². The van der Waals surface area contributed by atoms with Gasteiger partial charge in [-0.05, 0) is 24.3 Å². The number of amides is 1. The Hall–Kier alpha value is -2.23. The van der Waals surface area contributed by atoms with Crippen molar-refractivity contribution in [2.24, 2.45) is 17.3 Å². The van der Waals surface area contributed by atoms with Crippen LogP contribution in [-0.4, -0.2) is 24.0 Å². The van der Waals surface area contributed by atoms with E-state index in [0.717, 1.165) is 6.42 Å². The highest BCUT2D eigenvalue weighted by Crippen LogP contribution is 2.29. The Morgan fingerprint density at radius 3 is 2.28 bits per heavy atom. The molecule has 4 heteroatoms. The molecule has 1 aromatic rings. The highest BCUT2D eigenvalue weighted by Gasteiger charge is 2.29. The largest absolute Gasteiger partial charge is 0.355 e. The number of carbonyl (C=O) groups excluding carboxylic acids is 3. The van der Waals surface area contributed by atoms with Crippen LogP contribution in [0.15, 0.2) is 35.9 Å². The molecule has 1 aromatic carbocycles. The zero-order valence-electron chi connectivity index (χ0n) is 15.7. The fraction of sp³-hybridized carbons (Fsp3) is 0.476. The average molecular weight is 341 g/mol. The first kappa shape index (κ1) is 19.1. The second kappa shape index (κ2) is 7.34. The summed E-state index contributed by atoms with van der Waals surface area (Å²) in [7, 11) is 0. The monoisotopic (exact) mass is 341 g/mol. The molecule has 1 N–H and O–H groups in total. The van der Waals surface area contributed by atoms with Crippen molar-refractivity contribution in [3.63, 3.8) is 0 Å². The van der Waals surface area contributed by atoms with Gasteiger partial charge in [-0.3, -0.25) is 14.4 Å². The van der Waals surface area contributed by atoms with Gasteiger partial charge in [0.2, 0.25) is 5.91 Å². The van der Waals surface area contributed by atoms with Crippen LogP contribution < -0.4 is 5.32 Å². The van der Waals surface area contributed by atoms with Crippen LogP contribution in [0.5, 0.6) is 0 Å². The van der Waals surface area contributed by atoms with Gasteiger partial charge in [-0.25, -0.2) is 0 Å². The van der Waals surface area contributed by atoms with E-state index in [9.17, 15) is 14.4 Å². The third-order valence-corrected chi connectivity index (χ3v) is 4.57. The van der Waals surface area contributed by atoms with Gasteiger partial charge in [0.05, 0.1) is 0 Å². The number of carbonyl (C=O) groups is 3. The van der Waals surface area contributed by atoms with E-state index >= 15 is 0 Å². The molecular formula is C21H27NO3. The fourth-order valence-corrected chi connectivity index (χ4v) is 3.05. The number of benzene rings is 1. The Kier molecular flexibility index (Phi) is 5.61. The molecule has 0 saturated heterocycles. The Morgan fingerprint density at radius 2 is 1.68 bits per heavy atom. The Morgan fingerprint density at radius 1 is 1.08 bits per heavy atom. The third kappa shape index (κ3) is 4.44. The van der Waals surface area contributed by atoms with Crippen molar-refractivity contribution < 1.29 is 14.4 Å². The van der Waals surface area contributed by atoms with Gasteiger partial charge in [0.1, 0.15) is 0 Å². The number of Topliss-reactive ketones (excluding diaryl/α,β-unsaturated/α-hetero) is 1. The normalized spacial score (nSPS) is 16.8. The van der Waals surface area contributed by atoms with Crippen molar-refractivity contribution in [2.75, 3.05) is 6.54 Å². The van der Waals surface area contributed by atoms with Crippen molar-refractivity contribution in [2.45, 2.75) is 41.0 Å². The number of nitrogens with one attached hydrogen (secondary N) is 1. The minimum atomic E-state index is -0.413. The van der Waals surface area contributed by atoms with Gasteiger partial charge >= 0.3 is 0 Å². The molecule has 0 spiro atoms. The smallest absolute Gasteiger partial charge is 0.225 e. The van der Waals surface area contributed by atoms with Crippen LogP contribution in [0.3, 0.4) is 0 Å². The maximum Gasteiger partial charge on any atom is 0.225 e. The average Bonchev–Trinajstić information content (AvgIpc) is 2.55. The quantitative estimate of drug-likeness (QED) is 0.885. The van der Waals surface area contributed by atoms with Gasteiger partial charge in [-0.15, -0.1) is 0 Å². The molecule has 1 aliphatic carbocycles. The standard InChI is InChI=1S/C21H27NO3/c1-13(12-22-20(25)21(3,4)5)10-14(2)17-11-18(23)15-8-6-7-9-16(15)19(17)24/h6-9,11,13-14H,10,12H2,1-5H3,(H,22,25)/t13-,14+/m1/s1. The highest BCUT2D eigenvalue weighted by molar-refractivity contribution is 6.24. The maximum atomic E-state index is 12.7. The van der Waals surface area contributed by atoms with Crippen molar-refractivity contribution in [3.8, 4) is 0 Å². The third-order valence-electron chi connectivity index (χ3n) is 4.57. The molecule has 2 rings (SSSR count). The minimum absolute atomic E-state index is 0.0177. The van der Waals surface area contributed by atoms with Gasteiger partial charge < -0.3 is 5.32 Å². The summed E-state index contributed by atoms with van der Waals surface area (Å²) in [6.45, 7) is 10.2. The molecule has 4 nitrogen and oxygen atoms in total. The number of rotatable bonds is 5. The summed E-state index contributed by atoms with van der Waals surface area (Å²) in [4.78, 5) is 36.9. The van der Waals surface area contributed by atoms with Crippen molar-refractivity contribution in [3.05, 3.63) is 47.0 Å². The van der Waals surface area contributed by atoms with Gasteiger partial charge in [-0.1, -0.05) is 58.9 Å². The van der Waals surface area contributed by atoms with E-state index < -0.39 is 5.41 Å². The molecule has 0 radical (unpaired) electrons. The number of fused-ring (bicyclic) bond motifs is 1. The molecule has 0 heterocycles. The molecule has 1 aliphatic rings. The second-order valence-corrected chi connectivity index (χ2v) is 8.04. The predicted molar refractivity (Wildman–Crippen MR) is 98.6 cm³/mol. The van der Waals surface area contributed by atoms with Gasteiger partial charge in [0.25, 0.3) is 0 Å². The zero-order chi connectivity index (χ0) is 18.8. The summed E-state index contributed by atoms with van der Waals surface area (Å²) in [5.41, 5.74) is 1.13. The molecular weight excluding hydrogens is 314 g/mol. The van der Waals surface area contributed by atoms with Crippen LogP contribution in [0.1, 0.15) is 61.8 Å². The Labute approximate surface area is 149 Å². The summed E-state index contributed by atoms with van der Waals surface area (Å²) in [6, 6.07) is 6.95. The number of allylic oxidation sites excluding steroid dienone is 2. The molecule has 0 aliphatic heterocycles. The number of hydrogen-bond acceptors (Lipinski definition) is 3. The summed E-state index contributed by atoms with van der Waals surface area (Å²) in [6.07, 6.45) is 2.22. The molecule has 2 atom stereocenters. The van der Waals surface area contributed by atoms with Crippen LogP contribution in [-0.2, 0) is 4.79 Å². The molecule has 0 unspecified atom stereocenters. The Bertz CT molecular complexity index is 725. The second-order valence-electron chi connectivity index (χ2n) is 8.04. The maximum absolute atomic E-state index is 12.7. The van der Waals surface area contributed by atoms with E-state index in [1.165, 1.54) is 6.08 Å². The van der Waals surface area contributed by atoms with E-state index in [2.05, 4.69) is 5.32 Å². The van der Waals surface area contributed by atoms with Gasteiger partial charge in [0.15, 0.2) is 11.6 Å². The van der Waals surface area contributed by atoms with E-state index in [0.29, 0.717) is 23.2 Å². The topological polar surface area (TPSA) is 63.2 Å². The first-order chi connectivity index (χ1) is 11.6. The summed E-state index contributed by atoms with van der Waals surface area (Å²) >= 11 is 0. The van der Waals surface area contributed by atoms with Crippen LogP contribution in [0.4, 0.5) is 0 Å². The van der Waals surface area contributed by atoms with E-state index in [4.69, 9.17) is 0 Å². The molecule has 1 amide bonds. The fourth-order valence-electron chi connectivity index (χ4n) is 3.05. The summed E-state index contributed by atoms with van der Waals surface area (Å²) < 4.78 is 0. The first-order valence-electron chi connectivity index (χ1n) is 8.79. The molecule has 0 aromatic heterocycles. The molecule has 134 valence electrons. The van der Waals surface area contributed by atoms with Gasteiger partial charge in [-0.2, -0.15) is 0 Å². The number of hydrogen-bond donors (Lipinski definition) is 1. The zero-order valence-corrected chi connectivity index (χ0v) is 15.7. The van der Waals surface area contributed by atoms with Crippen LogP contribution in [0.25, 0.3) is 0 Å². The first-order valence-corrected chi connectivity index (χ1v) is 8.79. The lowest BCUT2D eigenvalue weighted by molar-refractivity contribution is -0.128. The summed E-state index contributed by atoms with van der Waals surface area (Å²) in [5, 5.41) is 2.96. The van der Waals surface area contributed by atoms with E-state index in [1.54, 1.807) is 24.3 Å². The van der Waals surface area contributed by atoms with Crippen LogP contribution in [0.2, 0.25) is 0 Å². The van der Waals surface area contributed by atoms with Crippen molar-refractivity contribution >= 4 is 17.5 Å². The summed E-state index contributed by atoms with van der Waals surface area (Å²) in [5.74, 6) is 0.0250. The molecule has 0 fully saturated rings. The lowest BCUT2D eigenvalue weighted by atomic mass is 9.81. The predicted octanol–water partition coefficient (Wildman–Crippen LogP) is 3.82. The Balaban J connectivity index is 2.02. The van der Waals surface area contributed by atoms with Gasteiger partial charge in [0, 0.05) is 28.7 Å². The van der Waals surface area contributed by atoms with Crippen molar-refractivity contribution in [1.82, 2.24) is 5.32 Å². The van der Waals surface area contributed by atoms with E-state index in [-0.39, 0.29) is 29.3 Å². The SMILES string of the molecule is C[C@@H](CNC(=O)C(C)(C)C)C[C@H](C)C1=CC(=O)c2ccccc2C1=O. The van der Waals surface area contributed by atoms with E-state index in [1.807, 2.05) is 34.6 Å². The minimum Gasteiger partial charge on any atom is -0.355 e.